The van der Waals surface area contributed by atoms with Gasteiger partial charge in [-0.25, -0.2) is 4.98 Å². The van der Waals surface area contributed by atoms with Crippen LogP contribution in [0.1, 0.15) is 5.56 Å². The zero-order chi connectivity index (χ0) is 12.1. The van der Waals surface area contributed by atoms with E-state index in [9.17, 15) is 0 Å². The Morgan fingerprint density at radius 2 is 2.24 bits per heavy atom. The number of fused-ring (bicyclic) bond motifs is 1. The monoisotopic (exact) mass is 242 g/mol. The largest absolute Gasteiger partial charge is 0.235 e. The van der Waals surface area contributed by atoms with Gasteiger partial charge in [0.1, 0.15) is 5.15 Å². The first-order valence-electron chi connectivity index (χ1n) is 4.86. The van der Waals surface area contributed by atoms with E-state index in [1.807, 2.05) is 30.3 Å². The number of hydrogen-bond donors (Lipinski definition) is 0. The highest BCUT2D eigenvalue weighted by Crippen LogP contribution is 2.19. The summed E-state index contributed by atoms with van der Waals surface area (Å²) < 4.78 is 0. The van der Waals surface area contributed by atoms with Gasteiger partial charge in [-0.2, -0.15) is 0 Å². The van der Waals surface area contributed by atoms with Crippen molar-refractivity contribution in [2.45, 2.75) is 0 Å². The predicted octanol–water partition coefficient (Wildman–Crippen LogP) is 3.55. The maximum atomic E-state index is 8.11. The molecule has 0 aliphatic heterocycles. The molecule has 1 heterocycles. The predicted molar refractivity (Wildman–Crippen MR) is 67.6 cm³/mol. The van der Waals surface area contributed by atoms with Gasteiger partial charge in [-0.05, 0) is 17.7 Å². The van der Waals surface area contributed by atoms with Crippen LogP contribution in [0.3, 0.4) is 0 Å². The van der Waals surface area contributed by atoms with E-state index in [4.69, 9.17) is 17.1 Å². The van der Waals surface area contributed by atoms with Crippen LogP contribution in [0, 0.1) is 11.8 Å². The minimum atomic E-state index is 0.125. The molecule has 0 saturated carbocycles. The molecule has 0 atom stereocenters. The van der Waals surface area contributed by atoms with Gasteiger partial charge in [-0.15, -0.1) is 0 Å². The van der Waals surface area contributed by atoms with Gasteiger partial charge in [-0.1, -0.05) is 46.8 Å². The van der Waals surface area contributed by atoms with Crippen molar-refractivity contribution >= 4 is 22.5 Å². The first-order chi connectivity index (χ1) is 8.31. The average molecular weight is 243 g/mol. The molecule has 0 saturated heterocycles. The summed E-state index contributed by atoms with van der Waals surface area (Å²) in [6.45, 7) is 0.125. The second kappa shape index (κ2) is 5.22. The van der Waals surface area contributed by atoms with Crippen LogP contribution in [0.15, 0.2) is 35.4 Å². The fourth-order valence-corrected chi connectivity index (χ4v) is 1.57. The van der Waals surface area contributed by atoms with Gasteiger partial charge in [0.15, 0.2) is 0 Å². The number of pyridine rings is 1. The number of para-hydroxylation sites is 1. The third-order valence-electron chi connectivity index (χ3n) is 2.11. The number of aromatic nitrogens is 1. The van der Waals surface area contributed by atoms with Crippen LogP contribution in [0.2, 0.25) is 5.15 Å². The minimum absolute atomic E-state index is 0.125. The van der Waals surface area contributed by atoms with E-state index in [0.717, 1.165) is 10.9 Å². The number of hydrogen-bond acceptors (Lipinski definition) is 2. The smallest absolute Gasteiger partial charge is 0.145 e. The molecule has 0 aliphatic rings. The van der Waals surface area contributed by atoms with Crippen LogP contribution < -0.4 is 0 Å². The van der Waals surface area contributed by atoms with Gasteiger partial charge in [0.25, 0.3) is 0 Å². The van der Waals surface area contributed by atoms with Crippen molar-refractivity contribution in [3.63, 3.8) is 0 Å². The molecule has 2 aromatic rings. The molecule has 0 bridgehead atoms. The third-order valence-corrected chi connectivity index (χ3v) is 2.40. The summed E-state index contributed by atoms with van der Waals surface area (Å²) in [5.74, 6) is 5.54. The Bertz CT molecular complexity index is 663. The minimum Gasteiger partial charge on any atom is -0.235 e. The highest BCUT2D eigenvalue weighted by molar-refractivity contribution is 6.31. The highest BCUT2D eigenvalue weighted by Gasteiger charge is 2.01. The van der Waals surface area contributed by atoms with Gasteiger partial charge < -0.3 is 0 Å². The Hall–Kier alpha value is -2.21. The third kappa shape index (κ3) is 2.67. The van der Waals surface area contributed by atoms with Crippen LogP contribution in [0.25, 0.3) is 21.3 Å². The molecule has 0 radical (unpaired) electrons. The van der Waals surface area contributed by atoms with Crippen molar-refractivity contribution in [1.82, 2.24) is 4.98 Å². The lowest BCUT2D eigenvalue weighted by Crippen LogP contribution is -1.85. The fraction of sp³-hybridized carbons (Fsp3) is 0.0833. The SMILES string of the molecule is [N-]=[N+]=NCC#Cc1cc2ccccc2nc1Cl. The molecule has 17 heavy (non-hydrogen) atoms. The zero-order valence-electron chi connectivity index (χ0n) is 8.76. The van der Waals surface area contributed by atoms with Crippen LogP contribution >= 0.6 is 11.6 Å². The van der Waals surface area contributed by atoms with Gasteiger partial charge in [0.2, 0.25) is 0 Å². The lowest BCUT2D eigenvalue weighted by molar-refractivity contribution is 1.25. The Morgan fingerprint density at radius 3 is 3.06 bits per heavy atom. The van der Waals surface area contributed by atoms with Gasteiger partial charge in [0.05, 0.1) is 17.6 Å². The summed E-state index contributed by atoms with van der Waals surface area (Å²) >= 11 is 6.00. The molecule has 0 amide bonds. The fourth-order valence-electron chi connectivity index (χ4n) is 1.38. The molecule has 0 aliphatic carbocycles. The van der Waals surface area contributed by atoms with Crippen LogP contribution in [-0.2, 0) is 0 Å². The molecule has 5 heteroatoms. The molecule has 1 aromatic heterocycles. The second-order valence-electron chi connectivity index (χ2n) is 3.21. The van der Waals surface area contributed by atoms with Gasteiger partial charge in [0, 0.05) is 10.3 Å². The second-order valence-corrected chi connectivity index (χ2v) is 3.57. The Morgan fingerprint density at radius 1 is 1.41 bits per heavy atom. The van der Waals surface area contributed by atoms with Crippen molar-refractivity contribution in [3.05, 3.63) is 51.5 Å². The molecular formula is C12H7ClN4. The van der Waals surface area contributed by atoms with E-state index in [0.29, 0.717) is 10.7 Å². The van der Waals surface area contributed by atoms with Crippen molar-refractivity contribution < 1.29 is 0 Å². The molecule has 1 aromatic carbocycles. The molecule has 0 N–H and O–H groups in total. The zero-order valence-corrected chi connectivity index (χ0v) is 9.52. The number of benzene rings is 1. The lowest BCUT2D eigenvalue weighted by Gasteiger charge is -1.99. The summed E-state index contributed by atoms with van der Waals surface area (Å²) in [5, 5.41) is 4.66. The molecule has 2 rings (SSSR count). The van der Waals surface area contributed by atoms with Crippen molar-refractivity contribution in [2.75, 3.05) is 6.54 Å². The van der Waals surface area contributed by atoms with E-state index in [-0.39, 0.29) is 6.54 Å². The van der Waals surface area contributed by atoms with E-state index in [2.05, 4.69) is 26.9 Å². The van der Waals surface area contributed by atoms with Gasteiger partial charge in [-0.3, -0.25) is 0 Å². The van der Waals surface area contributed by atoms with E-state index in [1.54, 1.807) is 0 Å². The maximum absolute atomic E-state index is 8.11. The standard InChI is InChI=1S/C12H7ClN4/c13-12-10(5-3-7-15-17-14)8-9-4-1-2-6-11(9)16-12/h1-2,4,6,8H,7H2. The maximum Gasteiger partial charge on any atom is 0.145 e. The summed E-state index contributed by atoms with van der Waals surface area (Å²) in [7, 11) is 0. The first kappa shape index (κ1) is 11.3. The van der Waals surface area contributed by atoms with Crippen LogP contribution in [0.4, 0.5) is 0 Å². The summed E-state index contributed by atoms with van der Waals surface area (Å²) in [6.07, 6.45) is 0. The van der Waals surface area contributed by atoms with E-state index >= 15 is 0 Å². The first-order valence-corrected chi connectivity index (χ1v) is 5.24. The van der Waals surface area contributed by atoms with E-state index in [1.165, 1.54) is 0 Å². The van der Waals surface area contributed by atoms with Crippen molar-refractivity contribution in [2.24, 2.45) is 5.11 Å². The number of azide groups is 1. The molecular weight excluding hydrogens is 236 g/mol. The number of rotatable bonds is 1. The van der Waals surface area contributed by atoms with Crippen LogP contribution in [-0.4, -0.2) is 11.5 Å². The van der Waals surface area contributed by atoms with Crippen molar-refractivity contribution in [3.8, 4) is 11.8 Å². The van der Waals surface area contributed by atoms with Gasteiger partial charge >= 0.3 is 0 Å². The van der Waals surface area contributed by atoms with Crippen molar-refractivity contribution in [1.29, 1.82) is 0 Å². The highest BCUT2D eigenvalue weighted by atomic mass is 35.5. The topological polar surface area (TPSA) is 61.7 Å². The molecule has 0 spiro atoms. The quantitative estimate of drug-likeness (QED) is 0.248. The van der Waals surface area contributed by atoms with Crippen LogP contribution in [0.5, 0.6) is 0 Å². The molecule has 0 fully saturated rings. The Labute approximate surface area is 103 Å². The Kier molecular flexibility index (Phi) is 3.46. The summed E-state index contributed by atoms with van der Waals surface area (Å²) in [6, 6.07) is 9.52. The molecule has 82 valence electrons. The summed E-state index contributed by atoms with van der Waals surface area (Å²) in [5.41, 5.74) is 9.58. The Balaban J connectivity index is 2.42. The normalized spacial score (nSPS) is 9.24. The molecule has 4 nitrogen and oxygen atoms in total. The average Bonchev–Trinajstić information content (AvgIpc) is 2.35. The number of nitrogens with zero attached hydrogens (tertiary/aromatic N) is 4. The lowest BCUT2D eigenvalue weighted by atomic mass is 10.1. The molecule has 0 unspecified atom stereocenters. The number of halogens is 1. The van der Waals surface area contributed by atoms with E-state index < -0.39 is 0 Å². The summed E-state index contributed by atoms with van der Waals surface area (Å²) in [4.78, 5) is 6.85.